The lowest BCUT2D eigenvalue weighted by atomic mass is 9.91. The van der Waals surface area contributed by atoms with Crippen LogP contribution in [0.5, 0.6) is 0 Å². The molecule has 116 valence electrons. The lowest BCUT2D eigenvalue weighted by Crippen LogP contribution is -2.27. The van der Waals surface area contributed by atoms with Gasteiger partial charge in [-0.1, -0.05) is 6.92 Å². The van der Waals surface area contributed by atoms with E-state index in [2.05, 4.69) is 0 Å². The average Bonchev–Trinajstić information content (AvgIpc) is 2.38. The van der Waals surface area contributed by atoms with Crippen molar-refractivity contribution in [2.75, 3.05) is 0 Å². The Labute approximate surface area is 121 Å². The molecule has 21 heavy (non-hydrogen) atoms. The van der Waals surface area contributed by atoms with Crippen molar-refractivity contribution in [1.82, 2.24) is 0 Å². The molecule has 1 aliphatic carbocycles. The van der Waals surface area contributed by atoms with Crippen LogP contribution >= 0.6 is 0 Å². The maximum Gasteiger partial charge on any atom is 0.341 e. The molecular weight excluding hydrogens is 302 g/mol. The third-order valence-electron chi connectivity index (χ3n) is 3.98. The van der Waals surface area contributed by atoms with Crippen molar-refractivity contribution >= 4 is 15.8 Å². The molecule has 0 bridgehead atoms. The molecule has 0 radical (unpaired) electrons. The number of hydrogen-bond acceptors (Lipinski definition) is 3. The molecule has 1 aromatic carbocycles. The van der Waals surface area contributed by atoms with Gasteiger partial charge in [0.1, 0.15) is 16.3 Å². The SMILES string of the molecule is CC1CCC(S(=O)(=O)c2ccc(F)c(C(=O)O)c2F)CC1. The summed E-state index contributed by atoms with van der Waals surface area (Å²) in [6, 6.07) is 1.50. The quantitative estimate of drug-likeness (QED) is 0.870. The molecule has 0 unspecified atom stereocenters. The highest BCUT2D eigenvalue weighted by Gasteiger charge is 2.35. The lowest BCUT2D eigenvalue weighted by molar-refractivity contribution is 0.0685. The number of rotatable bonds is 3. The number of benzene rings is 1. The van der Waals surface area contributed by atoms with Crippen molar-refractivity contribution in [1.29, 1.82) is 0 Å². The van der Waals surface area contributed by atoms with Crippen LogP contribution in [-0.4, -0.2) is 24.7 Å². The highest BCUT2D eigenvalue weighted by atomic mass is 32.2. The van der Waals surface area contributed by atoms with Crippen LogP contribution in [0.4, 0.5) is 8.78 Å². The van der Waals surface area contributed by atoms with Gasteiger partial charge in [-0.15, -0.1) is 0 Å². The normalized spacial score (nSPS) is 23.0. The van der Waals surface area contributed by atoms with Gasteiger partial charge in [-0.05, 0) is 43.7 Å². The number of sulfone groups is 1. The second kappa shape index (κ2) is 5.71. The van der Waals surface area contributed by atoms with E-state index in [1.54, 1.807) is 0 Å². The number of halogens is 2. The maximum atomic E-state index is 14.1. The molecule has 1 saturated carbocycles. The van der Waals surface area contributed by atoms with Crippen molar-refractivity contribution < 1.29 is 27.1 Å². The van der Waals surface area contributed by atoms with Gasteiger partial charge in [0.2, 0.25) is 0 Å². The molecule has 1 N–H and O–H groups in total. The molecule has 1 fully saturated rings. The molecule has 1 aromatic rings. The van der Waals surface area contributed by atoms with E-state index in [1.807, 2.05) is 6.92 Å². The van der Waals surface area contributed by atoms with E-state index >= 15 is 0 Å². The Morgan fingerprint density at radius 2 is 1.76 bits per heavy atom. The van der Waals surface area contributed by atoms with Crippen LogP contribution in [0.3, 0.4) is 0 Å². The van der Waals surface area contributed by atoms with Crippen LogP contribution < -0.4 is 0 Å². The molecule has 0 aromatic heterocycles. The van der Waals surface area contributed by atoms with E-state index in [4.69, 9.17) is 5.11 Å². The largest absolute Gasteiger partial charge is 0.477 e. The minimum Gasteiger partial charge on any atom is -0.477 e. The van der Waals surface area contributed by atoms with E-state index in [0.717, 1.165) is 18.9 Å². The Bertz CT molecular complexity index is 662. The van der Waals surface area contributed by atoms with Crippen LogP contribution in [0.25, 0.3) is 0 Å². The second-order valence-corrected chi connectivity index (χ2v) is 7.66. The Hall–Kier alpha value is -1.50. The highest BCUT2D eigenvalue weighted by molar-refractivity contribution is 7.92. The smallest absolute Gasteiger partial charge is 0.341 e. The zero-order valence-electron chi connectivity index (χ0n) is 11.5. The van der Waals surface area contributed by atoms with Crippen molar-refractivity contribution in [2.45, 2.75) is 42.8 Å². The number of carboxylic acid groups (broad SMARTS) is 1. The summed E-state index contributed by atoms with van der Waals surface area (Å²) in [6.45, 7) is 2.02. The highest BCUT2D eigenvalue weighted by Crippen LogP contribution is 2.33. The van der Waals surface area contributed by atoms with E-state index in [1.165, 1.54) is 0 Å². The fourth-order valence-corrected chi connectivity index (χ4v) is 4.53. The van der Waals surface area contributed by atoms with Crippen molar-refractivity contribution in [3.05, 3.63) is 29.3 Å². The summed E-state index contributed by atoms with van der Waals surface area (Å²) >= 11 is 0. The Kier molecular flexibility index (Phi) is 4.32. The summed E-state index contributed by atoms with van der Waals surface area (Å²) in [6.07, 6.45) is 2.25. The van der Waals surface area contributed by atoms with Gasteiger partial charge < -0.3 is 5.11 Å². The van der Waals surface area contributed by atoms with Gasteiger partial charge in [-0.25, -0.2) is 22.0 Å². The zero-order valence-corrected chi connectivity index (χ0v) is 12.3. The summed E-state index contributed by atoms with van der Waals surface area (Å²) in [5.74, 6) is -4.19. The summed E-state index contributed by atoms with van der Waals surface area (Å²) in [7, 11) is -3.99. The van der Waals surface area contributed by atoms with E-state index in [9.17, 15) is 22.0 Å². The number of hydrogen-bond donors (Lipinski definition) is 1. The van der Waals surface area contributed by atoms with Crippen LogP contribution in [0.1, 0.15) is 43.0 Å². The van der Waals surface area contributed by atoms with Crippen LogP contribution in [0.2, 0.25) is 0 Å². The fourth-order valence-electron chi connectivity index (χ4n) is 2.67. The molecule has 0 saturated heterocycles. The molecule has 0 amide bonds. The molecule has 0 spiro atoms. The second-order valence-electron chi connectivity index (χ2n) is 5.47. The predicted molar refractivity (Wildman–Crippen MR) is 71.9 cm³/mol. The first-order valence-electron chi connectivity index (χ1n) is 6.70. The minimum atomic E-state index is -3.99. The van der Waals surface area contributed by atoms with Crippen LogP contribution in [0.15, 0.2) is 17.0 Å². The monoisotopic (exact) mass is 318 g/mol. The van der Waals surface area contributed by atoms with Gasteiger partial charge in [0.25, 0.3) is 0 Å². The van der Waals surface area contributed by atoms with Crippen molar-refractivity contribution in [3.8, 4) is 0 Å². The average molecular weight is 318 g/mol. The topological polar surface area (TPSA) is 71.4 Å². The molecule has 2 rings (SSSR count). The van der Waals surface area contributed by atoms with Gasteiger partial charge in [-0.3, -0.25) is 0 Å². The zero-order chi connectivity index (χ0) is 15.8. The molecule has 1 aliphatic rings. The first kappa shape index (κ1) is 15.9. The van der Waals surface area contributed by atoms with Crippen LogP contribution in [0, 0.1) is 17.6 Å². The Morgan fingerprint density at radius 3 is 2.29 bits per heavy atom. The third-order valence-corrected chi connectivity index (χ3v) is 6.26. The summed E-state index contributed by atoms with van der Waals surface area (Å²) in [4.78, 5) is 10.1. The van der Waals surface area contributed by atoms with Gasteiger partial charge >= 0.3 is 5.97 Å². The van der Waals surface area contributed by atoms with E-state index < -0.39 is 43.1 Å². The van der Waals surface area contributed by atoms with E-state index in [0.29, 0.717) is 24.8 Å². The molecule has 4 nitrogen and oxygen atoms in total. The van der Waals surface area contributed by atoms with Gasteiger partial charge in [-0.2, -0.15) is 0 Å². The summed E-state index contributed by atoms with van der Waals surface area (Å²) < 4.78 is 52.3. The van der Waals surface area contributed by atoms with Gasteiger partial charge in [0, 0.05) is 0 Å². The first-order valence-corrected chi connectivity index (χ1v) is 8.25. The lowest BCUT2D eigenvalue weighted by Gasteiger charge is -2.26. The summed E-state index contributed by atoms with van der Waals surface area (Å²) in [5, 5.41) is 8.07. The first-order chi connectivity index (χ1) is 9.75. The van der Waals surface area contributed by atoms with Crippen LogP contribution in [-0.2, 0) is 9.84 Å². The van der Waals surface area contributed by atoms with E-state index in [-0.39, 0.29) is 0 Å². The molecule has 0 heterocycles. The number of carbonyl (C=O) groups is 1. The number of aromatic carboxylic acids is 1. The maximum absolute atomic E-state index is 14.1. The fraction of sp³-hybridized carbons (Fsp3) is 0.500. The standard InChI is InChI=1S/C14H16F2O4S/c1-8-2-4-9(5-3-8)21(19,20)11-7-6-10(15)12(13(11)16)14(17)18/h6-9H,2-5H2,1H3,(H,17,18). The van der Waals surface area contributed by atoms with Gasteiger partial charge in [0.15, 0.2) is 15.7 Å². The Morgan fingerprint density at radius 1 is 1.19 bits per heavy atom. The van der Waals surface area contributed by atoms with Gasteiger partial charge in [0.05, 0.1) is 5.25 Å². The summed E-state index contributed by atoms with van der Waals surface area (Å²) in [5.41, 5.74) is -1.22. The molecule has 0 atom stereocenters. The van der Waals surface area contributed by atoms with Crippen molar-refractivity contribution in [3.63, 3.8) is 0 Å². The molecular formula is C14H16F2O4S. The third kappa shape index (κ3) is 2.92. The number of carboxylic acids is 1. The molecule has 7 heteroatoms. The molecule has 0 aliphatic heterocycles. The predicted octanol–water partition coefficient (Wildman–Crippen LogP) is 3.02. The minimum absolute atomic E-state index is 0.405. The Balaban J connectivity index is 2.46. The van der Waals surface area contributed by atoms with Crippen molar-refractivity contribution in [2.24, 2.45) is 5.92 Å².